The number of piperazine rings is 1. The normalized spacial score (nSPS) is 14.7. The molecule has 0 aromatic heterocycles. The van der Waals surface area contributed by atoms with E-state index >= 15 is 0 Å². The predicted octanol–water partition coefficient (Wildman–Crippen LogP) is 4.11. The number of aryl methyl sites for hydroxylation is 1. The number of rotatable bonds is 3. The second-order valence-corrected chi connectivity index (χ2v) is 7.20. The first kappa shape index (κ1) is 21.0. The predicted molar refractivity (Wildman–Crippen MR) is 105 cm³/mol. The Bertz CT molecular complexity index is 925. The van der Waals surface area contributed by atoms with Gasteiger partial charge in [0, 0.05) is 36.8 Å². The molecule has 1 aliphatic heterocycles. The summed E-state index contributed by atoms with van der Waals surface area (Å²) >= 11 is 6.08. The van der Waals surface area contributed by atoms with Gasteiger partial charge in [-0.25, -0.2) is 0 Å². The monoisotopic (exact) mass is 425 g/mol. The molecule has 0 saturated carbocycles. The van der Waals surface area contributed by atoms with Crippen molar-refractivity contribution in [3.63, 3.8) is 0 Å². The molecular weight excluding hydrogens is 407 g/mol. The molecule has 0 radical (unpaired) electrons. The Hall–Kier alpha value is -2.74. The highest BCUT2D eigenvalue weighted by atomic mass is 35.5. The molecule has 0 aliphatic carbocycles. The van der Waals surface area contributed by atoms with Crippen LogP contribution in [0.1, 0.15) is 15.9 Å². The van der Waals surface area contributed by atoms with Gasteiger partial charge < -0.3 is 15.1 Å². The van der Waals surface area contributed by atoms with E-state index in [0.29, 0.717) is 22.0 Å². The van der Waals surface area contributed by atoms with E-state index in [4.69, 9.17) is 11.6 Å². The number of nitrogens with zero attached hydrogens (tertiary/aromatic N) is 2. The van der Waals surface area contributed by atoms with Gasteiger partial charge in [0.05, 0.1) is 11.4 Å². The van der Waals surface area contributed by atoms with E-state index < -0.39 is 12.1 Å². The van der Waals surface area contributed by atoms with E-state index in [1.807, 2.05) is 17.9 Å². The standard InChI is InChI=1S/C20H19ClF3N3O2/c1-13-3-2-4-14(11-13)18(28)25-16-12-15(21)5-6-17(16)26-7-9-27(10-8-26)19(29)20(22,23)24/h2-6,11-12H,7-10H2,1H3,(H,25,28). The van der Waals surface area contributed by atoms with E-state index in [2.05, 4.69) is 5.32 Å². The molecule has 0 atom stereocenters. The summed E-state index contributed by atoms with van der Waals surface area (Å²) in [4.78, 5) is 26.6. The molecule has 0 spiro atoms. The Balaban J connectivity index is 1.76. The largest absolute Gasteiger partial charge is 0.471 e. The fourth-order valence-electron chi connectivity index (χ4n) is 3.19. The SMILES string of the molecule is Cc1cccc(C(=O)Nc2cc(Cl)ccc2N2CCN(C(=O)C(F)(F)F)CC2)c1. The van der Waals surface area contributed by atoms with Crippen molar-refractivity contribution in [2.45, 2.75) is 13.1 Å². The number of alkyl halides is 3. The molecule has 5 nitrogen and oxygen atoms in total. The van der Waals surface area contributed by atoms with Crippen LogP contribution in [-0.2, 0) is 4.79 Å². The summed E-state index contributed by atoms with van der Waals surface area (Å²) in [5.74, 6) is -2.15. The van der Waals surface area contributed by atoms with Gasteiger partial charge in [-0.05, 0) is 37.3 Å². The topological polar surface area (TPSA) is 52.7 Å². The number of hydrogen-bond donors (Lipinski definition) is 1. The third-order valence-corrected chi connectivity index (χ3v) is 4.87. The summed E-state index contributed by atoms with van der Waals surface area (Å²) in [5.41, 5.74) is 2.51. The Kier molecular flexibility index (Phi) is 6.02. The molecule has 154 valence electrons. The zero-order valence-corrected chi connectivity index (χ0v) is 16.3. The number of anilines is 2. The lowest BCUT2D eigenvalue weighted by Gasteiger charge is -2.37. The van der Waals surface area contributed by atoms with Crippen molar-refractivity contribution in [3.8, 4) is 0 Å². The summed E-state index contributed by atoms with van der Waals surface area (Å²) in [6, 6.07) is 12.0. The van der Waals surface area contributed by atoms with Gasteiger partial charge in [0.15, 0.2) is 0 Å². The molecule has 1 saturated heterocycles. The molecule has 29 heavy (non-hydrogen) atoms. The lowest BCUT2D eigenvalue weighted by molar-refractivity contribution is -0.185. The average molecular weight is 426 g/mol. The lowest BCUT2D eigenvalue weighted by Crippen LogP contribution is -2.52. The third-order valence-electron chi connectivity index (χ3n) is 4.64. The van der Waals surface area contributed by atoms with Crippen molar-refractivity contribution in [1.29, 1.82) is 0 Å². The molecule has 0 unspecified atom stereocenters. The highest BCUT2D eigenvalue weighted by Gasteiger charge is 2.43. The van der Waals surface area contributed by atoms with Crippen molar-refractivity contribution < 1.29 is 22.8 Å². The van der Waals surface area contributed by atoms with Crippen LogP contribution in [0.15, 0.2) is 42.5 Å². The third kappa shape index (κ3) is 5.00. The number of halogens is 4. The quantitative estimate of drug-likeness (QED) is 0.805. The summed E-state index contributed by atoms with van der Waals surface area (Å²) in [6.07, 6.45) is -4.88. The fourth-order valence-corrected chi connectivity index (χ4v) is 3.37. The fraction of sp³-hybridized carbons (Fsp3) is 0.300. The van der Waals surface area contributed by atoms with Crippen molar-refractivity contribution >= 4 is 34.8 Å². The molecule has 1 heterocycles. The highest BCUT2D eigenvalue weighted by molar-refractivity contribution is 6.31. The van der Waals surface area contributed by atoms with E-state index in [1.165, 1.54) is 0 Å². The molecule has 1 fully saturated rings. The van der Waals surface area contributed by atoms with Crippen LogP contribution in [-0.4, -0.2) is 49.1 Å². The van der Waals surface area contributed by atoms with Crippen molar-refractivity contribution in [3.05, 3.63) is 58.6 Å². The first-order chi connectivity index (χ1) is 13.6. The van der Waals surface area contributed by atoms with Gasteiger partial charge in [-0.15, -0.1) is 0 Å². The minimum absolute atomic E-state index is 0.0633. The van der Waals surface area contributed by atoms with Gasteiger partial charge >= 0.3 is 12.1 Å². The minimum Gasteiger partial charge on any atom is -0.366 e. The molecule has 9 heteroatoms. The van der Waals surface area contributed by atoms with E-state index in [-0.39, 0.29) is 32.1 Å². The number of hydrogen-bond acceptors (Lipinski definition) is 3. The van der Waals surface area contributed by atoms with Crippen LogP contribution >= 0.6 is 11.6 Å². The zero-order valence-electron chi connectivity index (χ0n) is 15.6. The van der Waals surface area contributed by atoms with E-state index in [9.17, 15) is 22.8 Å². The summed E-state index contributed by atoms with van der Waals surface area (Å²) in [5, 5.41) is 3.24. The van der Waals surface area contributed by atoms with Crippen LogP contribution in [0.5, 0.6) is 0 Å². The Morgan fingerprint density at radius 2 is 1.72 bits per heavy atom. The van der Waals surface area contributed by atoms with Crippen LogP contribution in [0.2, 0.25) is 5.02 Å². The van der Waals surface area contributed by atoms with Gasteiger partial charge in [0.2, 0.25) is 0 Å². The van der Waals surface area contributed by atoms with Crippen molar-refractivity contribution in [2.75, 3.05) is 36.4 Å². The number of amides is 2. The number of benzene rings is 2. The van der Waals surface area contributed by atoms with E-state index in [0.717, 1.165) is 10.5 Å². The summed E-state index contributed by atoms with van der Waals surface area (Å²) in [6.45, 7) is 2.16. The lowest BCUT2D eigenvalue weighted by atomic mass is 10.1. The van der Waals surface area contributed by atoms with Crippen molar-refractivity contribution in [2.24, 2.45) is 0 Å². The number of carbonyl (C=O) groups is 2. The molecular formula is C20H19ClF3N3O2. The van der Waals surface area contributed by atoms with Gasteiger partial charge in [-0.3, -0.25) is 9.59 Å². The van der Waals surface area contributed by atoms with Gasteiger partial charge in [-0.1, -0.05) is 29.3 Å². The van der Waals surface area contributed by atoms with E-state index in [1.54, 1.807) is 36.4 Å². The second kappa shape index (κ2) is 8.32. The van der Waals surface area contributed by atoms with Crippen LogP contribution in [0.3, 0.4) is 0 Å². The van der Waals surface area contributed by atoms with Gasteiger partial charge in [0.1, 0.15) is 0 Å². The molecule has 1 aliphatic rings. The Morgan fingerprint density at radius 3 is 2.34 bits per heavy atom. The number of nitrogens with one attached hydrogen (secondary N) is 1. The zero-order chi connectivity index (χ0) is 21.2. The average Bonchev–Trinajstić information content (AvgIpc) is 2.67. The molecule has 2 aromatic rings. The maximum atomic E-state index is 12.6. The smallest absolute Gasteiger partial charge is 0.366 e. The molecule has 3 rings (SSSR count). The molecule has 1 N–H and O–H groups in total. The first-order valence-electron chi connectivity index (χ1n) is 8.94. The summed E-state index contributed by atoms with van der Waals surface area (Å²) < 4.78 is 37.9. The number of carbonyl (C=O) groups excluding carboxylic acids is 2. The summed E-state index contributed by atoms with van der Waals surface area (Å²) in [7, 11) is 0. The first-order valence-corrected chi connectivity index (χ1v) is 9.31. The highest BCUT2D eigenvalue weighted by Crippen LogP contribution is 2.31. The molecule has 2 amide bonds. The minimum atomic E-state index is -4.88. The maximum Gasteiger partial charge on any atom is 0.471 e. The molecule has 2 aromatic carbocycles. The van der Waals surface area contributed by atoms with Gasteiger partial charge in [-0.2, -0.15) is 13.2 Å². The van der Waals surface area contributed by atoms with Crippen LogP contribution in [0, 0.1) is 6.92 Å². The Morgan fingerprint density at radius 1 is 1.03 bits per heavy atom. The molecule has 0 bridgehead atoms. The van der Waals surface area contributed by atoms with Crippen LogP contribution in [0.25, 0.3) is 0 Å². The van der Waals surface area contributed by atoms with Crippen LogP contribution < -0.4 is 10.2 Å². The van der Waals surface area contributed by atoms with Crippen LogP contribution in [0.4, 0.5) is 24.5 Å². The van der Waals surface area contributed by atoms with Crippen molar-refractivity contribution in [1.82, 2.24) is 4.90 Å². The Labute approximate surface area is 171 Å². The van der Waals surface area contributed by atoms with Gasteiger partial charge in [0.25, 0.3) is 5.91 Å². The maximum absolute atomic E-state index is 12.6. The second-order valence-electron chi connectivity index (χ2n) is 6.76.